The van der Waals surface area contributed by atoms with Crippen LogP contribution in [0.4, 0.5) is 4.79 Å². The molecule has 2 aromatic rings. The maximum absolute atomic E-state index is 11.5. The molecular formula is C18H22N2O2S. The third kappa shape index (κ3) is 3.55. The second kappa shape index (κ2) is 6.71. The fourth-order valence-corrected chi connectivity index (χ4v) is 4.01. The predicted molar refractivity (Wildman–Crippen MR) is 93.0 cm³/mol. The molecule has 1 amide bonds. The summed E-state index contributed by atoms with van der Waals surface area (Å²) in [6, 6.07) is 6.51. The van der Waals surface area contributed by atoms with Gasteiger partial charge in [0.1, 0.15) is 5.01 Å². The molecule has 2 heterocycles. The van der Waals surface area contributed by atoms with E-state index >= 15 is 0 Å². The van der Waals surface area contributed by atoms with E-state index in [0.717, 1.165) is 23.4 Å². The van der Waals surface area contributed by atoms with Gasteiger partial charge in [0.15, 0.2) is 0 Å². The van der Waals surface area contributed by atoms with E-state index in [1.807, 2.05) is 11.6 Å². The molecule has 0 radical (unpaired) electrons. The van der Waals surface area contributed by atoms with Crippen LogP contribution in [-0.4, -0.2) is 34.2 Å². The van der Waals surface area contributed by atoms with Crippen LogP contribution < -0.4 is 0 Å². The summed E-state index contributed by atoms with van der Waals surface area (Å²) in [4.78, 5) is 17.4. The number of fused-ring (bicyclic) bond motifs is 1. The van der Waals surface area contributed by atoms with Gasteiger partial charge in [-0.25, -0.2) is 9.78 Å². The van der Waals surface area contributed by atoms with Crippen molar-refractivity contribution in [2.45, 2.75) is 32.6 Å². The Kier molecular flexibility index (Phi) is 4.66. The van der Waals surface area contributed by atoms with E-state index in [-0.39, 0.29) is 5.92 Å². The Balaban J connectivity index is 1.97. The average Bonchev–Trinajstić information content (AvgIpc) is 2.97. The molecule has 0 aliphatic carbocycles. The van der Waals surface area contributed by atoms with Crippen LogP contribution in [-0.2, 0) is 6.42 Å². The third-order valence-electron chi connectivity index (χ3n) is 4.38. The molecule has 1 aromatic heterocycles. The minimum Gasteiger partial charge on any atom is -0.465 e. The lowest BCUT2D eigenvalue weighted by Crippen LogP contribution is -2.33. The number of carbonyl (C=O) groups is 1. The van der Waals surface area contributed by atoms with Crippen LogP contribution in [0.25, 0.3) is 10.6 Å². The number of aromatic nitrogens is 1. The number of hydrogen-bond acceptors (Lipinski definition) is 3. The molecule has 0 bridgehead atoms. The number of thiazole rings is 1. The topological polar surface area (TPSA) is 53.4 Å². The molecule has 1 aliphatic heterocycles. The highest BCUT2D eigenvalue weighted by molar-refractivity contribution is 7.13. The quantitative estimate of drug-likeness (QED) is 0.903. The maximum Gasteiger partial charge on any atom is 0.407 e. The van der Waals surface area contributed by atoms with Gasteiger partial charge in [-0.3, -0.25) is 0 Å². The molecule has 0 saturated heterocycles. The first-order chi connectivity index (χ1) is 11.0. The van der Waals surface area contributed by atoms with Crippen LogP contribution in [0, 0.1) is 5.92 Å². The molecule has 23 heavy (non-hydrogen) atoms. The zero-order valence-electron chi connectivity index (χ0n) is 13.5. The zero-order valence-corrected chi connectivity index (χ0v) is 14.3. The number of nitrogens with zero attached hydrogens (tertiary/aromatic N) is 2. The predicted octanol–water partition coefficient (Wildman–Crippen LogP) is 4.48. The van der Waals surface area contributed by atoms with Crippen LogP contribution in [0.2, 0.25) is 0 Å². The van der Waals surface area contributed by atoms with Crippen molar-refractivity contribution >= 4 is 17.4 Å². The Morgan fingerprint density at radius 1 is 1.48 bits per heavy atom. The summed E-state index contributed by atoms with van der Waals surface area (Å²) in [5.74, 6) is 0.814. The van der Waals surface area contributed by atoms with Crippen molar-refractivity contribution in [3.05, 3.63) is 40.9 Å². The third-order valence-corrected chi connectivity index (χ3v) is 5.20. The van der Waals surface area contributed by atoms with Gasteiger partial charge in [-0.15, -0.1) is 11.3 Å². The number of benzene rings is 1. The van der Waals surface area contributed by atoms with Gasteiger partial charge in [0.05, 0.1) is 0 Å². The average molecular weight is 330 g/mol. The lowest BCUT2D eigenvalue weighted by atomic mass is 9.86. The Bertz CT molecular complexity index is 682. The maximum atomic E-state index is 11.5. The van der Waals surface area contributed by atoms with E-state index in [2.05, 4.69) is 37.0 Å². The zero-order chi connectivity index (χ0) is 16.4. The minimum absolute atomic E-state index is 0.272. The van der Waals surface area contributed by atoms with Crippen molar-refractivity contribution in [2.75, 3.05) is 13.1 Å². The first-order valence-corrected chi connectivity index (χ1v) is 8.93. The van der Waals surface area contributed by atoms with E-state index < -0.39 is 6.09 Å². The van der Waals surface area contributed by atoms with Crippen molar-refractivity contribution in [2.24, 2.45) is 5.92 Å². The molecule has 0 fully saturated rings. The molecule has 0 spiro atoms. The standard InChI is InChI=1S/C18H22N2O2S/c1-12(2)9-15-11-20(18(21)22)7-5-13-10-14(3-4-16(13)15)17-19-6-8-23-17/h3-4,6,8,10,12,15H,5,7,9,11H2,1-2H3,(H,21,22). The molecule has 1 aliphatic rings. The minimum atomic E-state index is -0.813. The van der Waals surface area contributed by atoms with E-state index in [1.54, 1.807) is 16.2 Å². The van der Waals surface area contributed by atoms with Gasteiger partial charge in [0.2, 0.25) is 0 Å². The Hall–Kier alpha value is -1.88. The Morgan fingerprint density at radius 2 is 2.30 bits per heavy atom. The summed E-state index contributed by atoms with van der Waals surface area (Å²) in [7, 11) is 0. The molecular weight excluding hydrogens is 308 g/mol. The lowest BCUT2D eigenvalue weighted by molar-refractivity contribution is 0.142. The Labute approximate surface area is 140 Å². The van der Waals surface area contributed by atoms with Gasteiger partial charge < -0.3 is 10.0 Å². The fraction of sp³-hybridized carbons (Fsp3) is 0.444. The van der Waals surface area contributed by atoms with Crippen LogP contribution in [0.1, 0.15) is 37.3 Å². The highest BCUT2D eigenvalue weighted by atomic mass is 32.1. The van der Waals surface area contributed by atoms with Crippen molar-refractivity contribution in [1.82, 2.24) is 9.88 Å². The molecule has 0 saturated carbocycles. The van der Waals surface area contributed by atoms with Crippen LogP contribution >= 0.6 is 11.3 Å². The summed E-state index contributed by atoms with van der Waals surface area (Å²) in [5.41, 5.74) is 3.71. The molecule has 3 rings (SSSR count). The second-order valence-corrected chi connectivity index (χ2v) is 7.45. The molecule has 4 nitrogen and oxygen atoms in total. The van der Waals surface area contributed by atoms with E-state index in [0.29, 0.717) is 19.0 Å². The first-order valence-electron chi connectivity index (χ1n) is 8.05. The van der Waals surface area contributed by atoms with E-state index in [9.17, 15) is 9.90 Å². The largest absolute Gasteiger partial charge is 0.465 e. The molecule has 122 valence electrons. The monoisotopic (exact) mass is 330 g/mol. The van der Waals surface area contributed by atoms with Crippen LogP contribution in [0.5, 0.6) is 0 Å². The SMILES string of the molecule is CC(C)CC1CN(C(=O)O)CCc2cc(-c3nccs3)ccc21. The van der Waals surface area contributed by atoms with Crippen molar-refractivity contribution in [3.63, 3.8) is 0 Å². The van der Waals surface area contributed by atoms with Gasteiger partial charge in [-0.2, -0.15) is 0 Å². The summed E-state index contributed by atoms with van der Waals surface area (Å²) in [6.07, 6.45) is 2.79. The van der Waals surface area contributed by atoms with Crippen molar-refractivity contribution in [1.29, 1.82) is 0 Å². The Morgan fingerprint density at radius 3 is 2.96 bits per heavy atom. The van der Waals surface area contributed by atoms with Gasteiger partial charge in [0, 0.05) is 36.1 Å². The van der Waals surface area contributed by atoms with Crippen molar-refractivity contribution < 1.29 is 9.90 Å². The van der Waals surface area contributed by atoms with Gasteiger partial charge >= 0.3 is 6.09 Å². The molecule has 1 N–H and O–H groups in total. The number of amides is 1. The van der Waals surface area contributed by atoms with E-state index in [1.165, 1.54) is 11.1 Å². The molecule has 5 heteroatoms. The fourth-order valence-electron chi connectivity index (χ4n) is 3.37. The molecule has 1 aromatic carbocycles. The number of carboxylic acid groups (broad SMARTS) is 1. The first kappa shape index (κ1) is 16.0. The van der Waals surface area contributed by atoms with E-state index in [4.69, 9.17) is 0 Å². The summed E-state index contributed by atoms with van der Waals surface area (Å²) in [5, 5.41) is 12.4. The van der Waals surface area contributed by atoms with Gasteiger partial charge in [-0.05, 0) is 36.0 Å². The lowest BCUT2D eigenvalue weighted by Gasteiger charge is -2.24. The summed E-state index contributed by atoms with van der Waals surface area (Å²) >= 11 is 1.63. The number of hydrogen-bond donors (Lipinski definition) is 1. The smallest absolute Gasteiger partial charge is 0.407 e. The van der Waals surface area contributed by atoms with Gasteiger partial charge in [0.25, 0.3) is 0 Å². The van der Waals surface area contributed by atoms with Crippen molar-refractivity contribution in [3.8, 4) is 10.6 Å². The molecule has 1 unspecified atom stereocenters. The highest BCUT2D eigenvalue weighted by Gasteiger charge is 2.26. The van der Waals surface area contributed by atoms with Gasteiger partial charge in [-0.1, -0.05) is 26.0 Å². The van der Waals surface area contributed by atoms with Crippen LogP contribution in [0.15, 0.2) is 29.8 Å². The summed E-state index contributed by atoms with van der Waals surface area (Å²) in [6.45, 7) is 5.55. The van der Waals surface area contributed by atoms with Crippen LogP contribution in [0.3, 0.4) is 0 Å². The number of rotatable bonds is 3. The highest BCUT2D eigenvalue weighted by Crippen LogP contribution is 2.34. The summed E-state index contributed by atoms with van der Waals surface area (Å²) < 4.78 is 0. The molecule has 1 atom stereocenters. The normalized spacial score (nSPS) is 17.9. The second-order valence-electron chi connectivity index (χ2n) is 6.56.